The minimum Gasteiger partial charge on any atom is -0.348 e. The van der Waals surface area contributed by atoms with Crippen molar-refractivity contribution in [3.63, 3.8) is 0 Å². The molecule has 0 radical (unpaired) electrons. The van der Waals surface area contributed by atoms with Crippen LogP contribution in [0, 0.1) is 0 Å². The van der Waals surface area contributed by atoms with Crippen LogP contribution in [0.25, 0.3) is 0 Å². The van der Waals surface area contributed by atoms with Gasteiger partial charge >= 0.3 is 11.8 Å². The van der Waals surface area contributed by atoms with E-state index in [1.165, 1.54) is 6.07 Å². The van der Waals surface area contributed by atoms with E-state index in [2.05, 4.69) is 29.4 Å². The second-order valence-corrected chi connectivity index (χ2v) is 5.53. The van der Waals surface area contributed by atoms with E-state index < -0.39 is 11.8 Å². The highest BCUT2D eigenvalue weighted by atomic mass is 35.5. The van der Waals surface area contributed by atoms with Crippen LogP contribution in [-0.2, 0) is 9.59 Å². The second kappa shape index (κ2) is 9.66. The van der Waals surface area contributed by atoms with Crippen LogP contribution in [0.2, 0.25) is 10.0 Å². The third-order valence-electron chi connectivity index (χ3n) is 3.21. The lowest BCUT2D eigenvalue weighted by molar-refractivity contribution is -0.136. The van der Waals surface area contributed by atoms with E-state index >= 15 is 0 Å². The Balaban J connectivity index is 2.36. The quantitative estimate of drug-likeness (QED) is 0.590. The Labute approximate surface area is 141 Å². The summed E-state index contributed by atoms with van der Waals surface area (Å²) in [5.41, 5.74) is 0.428. The number of nitrogens with zero attached hydrogens (tertiary/aromatic N) is 1. The number of anilines is 1. The number of amides is 2. The van der Waals surface area contributed by atoms with E-state index in [4.69, 9.17) is 23.2 Å². The predicted molar refractivity (Wildman–Crippen MR) is 90.5 cm³/mol. The van der Waals surface area contributed by atoms with Crippen molar-refractivity contribution in [1.29, 1.82) is 0 Å². The topological polar surface area (TPSA) is 61.4 Å². The molecule has 22 heavy (non-hydrogen) atoms. The summed E-state index contributed by atoms with van der Waals surface area (Å²) in [6, 6.07) is 4.64. The molecule has 1 rings (SSSR count). The minimum atomic E-state index is -0.721. The normalized spacial score (nSPS) is 10.6. The van der Waals surface area contributed by atoms with Gasteiger partial charge in [-0.1, -0.05) is 37.0 Å². The molecule has 0 unspecified atom stereocenters. The van der Waals surface area contributed by atoms with E-state index in [1.54, 1.807) is 12.1 Å². The van der Waals surface area contributed by atoms with Crippen LogP contribution in [0.3, 0.4) is 0 Å². The molecule has 7 heteroatoms. The minimum absolute atomic E-state index is 0.319. The zero-order valence-electron chi connectivity index (χ0n) is 12.8. The van der Waals surface area contributed by atoms with Crippen molar-refractivity contribution in [2.45, 2.75) is 20.3 Å². The number of carbonyl (C=O) groups excluding carboxylic acids is 2. The van der Waals surface area contributed by atoms with Gasteiger partial charge in [0.05, 0.1) is 10.0 Å². The highest BCUT2D eigenvalue weighted by molar-refractivity contribution is 6.42. The molecule has 0 heterocycles. The average molecular weight is 346 g/mol. The smallest absolute Gasteiger partial charge is 0.313 e. The molecule has 0 atom stereocenters. The van der Waals surface area contributed by atoms with E-state index in [0.29, 0.717) is 22.3 Å². The molecular formula is C15H21Cl2N3O2. The fourth-order valence-electron chi connectivity index (χ4n) is 1.89. The first-order chi connectivity index (χ1) is 10.5. The molecule has 0 saturated heterocycles. The average Bonchev–Trinajstić information content (AvgIpc) is 2.50. The summed E-state index contributed by atoms with van der Waals surface area (Å²) in [6.45, 7) is 7.48. The lowest BCUT2D eigenvalue weighted by atomic mass is 10.3. The molecule has 2 amide bonds. The Morgan fingerprint density at radius 3 is 2.36 bits per heavy atom. The number of carbonyl (C=O) groups is 2. The van der Waals surface area contributed by atoms with Crippen LogP contribution < -0.4 is 10.6 Å². The van der Waals surface area contributed by atoms with Crippen LogP contribution in [0.15, 0.2) is 18.2 Å². The SMILES string of the molecule is CCN(CC)CCCNC(=O)C(=O)Nc1ccc(Cl)c(Cl)c1. The molecule has 0 aliphatic rings. The Morgan fingerprint density at radius 2 is 1.77 bits per heavy atom. The van der Waals surface area contributed by atoms with Gasteiger partial charge in [-0.2, -0.15) is 0 Å². The largest absolute Gasteiger partial charge is 0.348 e. The molecule has 0 spiro atoms. The van der Waals surface area contributed by atoms with Gasteiger partial charge in [-0.05, 0) is 44.3 Å². The molecule has 0 fully saturated rings. The molecule has 122 valence electrons. The zero-order valence-corrected chi connectivity index (χ0v) is 14.3. The first kappa shape index (κ1) is 18.7. The van der Waals surface area contributed by atoms with Crippen LogP contribution in [0.5, 0.6) is 0 Å². The van der Waals surface area contributed by atoms with E-state index in [1.807, 2.05) is 0 Å². The summed E-state index contributed by atoms with van der Waals surface area (Å²) in [4.78, 5) is 25.7. The van der Waals surface area contributed by atoms with Crippen LogP contribution in [0.1, 0.15) is 20.3 Å². The molecule has 0 aromatic heterocycles. The van der Waals surface area contributed by atoms with Crippen molar-refractivity contribution in [2.24, 2.45) is 0 Å². The monoisotopic (exact) mass is 345 g/mol. The van der Waals surface area contributed by atoms with E-state index in [0.717, 1.165) is 26.1 Å². The first-order valence-corrected chi connectivity index (χ1v) is 8.00. The van der Waals surface area contributed by atoms with Gasteiger partial charge in [0.1, 0.15) is 0 Å². The van der Waals surface area contributed by atoms with Gasteiger partial charge in [-0.25, -0.2) is 0 Å². The number of halogens is 2. The van der Waals surface area contributed by atoms with E-state index in [9.17, 15) is 9.59 Å². The molecule has 1 aromatic rings. The van der Waals surface area contributed by atoms with Crippen LogP contribution >= 0.6 is 23.2 Å². The highest BCUT2D eigenvalue weighted by Gasteiger charge is 2.13. The number of benzene rings is 1. The van der Waals surface area contributed by atoms with E-state index in [-0.39, 0.29) is 0 Å². The van der Waals surface area contributed by atoms with Crippen molar-refractivity contribution in [3.05, 3.63) is 28.2 Å². The van der Waals surface area contributed by atoms with Gasteiger partial charge in [-0.15, -0.1) is 0 Å². The van der Waals surface area contributed by atoms with Crippen molar-refractivity contribution in [2.75, 3.05) is 31.5 Å². The van der Waals surface area contributed by atoms with Crippen molar-refractivity contribution in [3.8, 4) is 0 Å². The number of hydrogen-bond donors (Lipinski definition) is 2. The Kier molecular flexibility index (Phi) is 8.24. The lowest BCUT2D eigenvalue weighted by Crippen LogP contribution is -2.37. The van der Waals surface area contributed by atoms with Crippen molar-refractivity contribution < 1.29 is 9.59 Å². The summed E-state index contributed by atoms with van der Waals surface area (Å²) in [6.07, 6.45) is 0.799. The molecule has 1 aromatic carbocycles. The molecule has 0 saturated carbocycles. The fourth-order valence-corrected chi connectivity index (χ4v) is 2.18. The zero-order chi connectivity index (χ0) is 16.5. The summed E-state index contributed by atoms with van der Waals surface area (Å²) < 4.78 is 0. The second-order valence-electron chi connectivity index (χ2n) is 4.72. The number of hydrogen-bond acceptors (Lipinski definition) is 3. The third kappa shape index (κ3) is 6.22. The highest BCUT2D eigenvalue weighted by Crippen LogP contribution is 2.24. The third-order valence-corrected chi connectivity index (χ3v) is 3.95. The maximum atomic E-state index is 11.7. The molecule has 0 aliphatic carbocycles. The lowest BCUT2D eigenvalue weighted by Gasteiger charge is -2.17. The van der Waals surface area contributed by atoms with Crippen molar-refractivity contribution in [1.82, 2.24) is 10.2 Å². The fraction of sp³-hybridized carbons (Fsp3) is 0.467. The summed E-state index contributed by atoms with van der Waals surface area (Å²) in [5.74, 6) is -1.38. The summed E-state index contributed by atoms with van der Waals surface area (Å²) >= 11 is 11.6. The van der Waals surface area contributed by atoms with Gasteiger partial charge in [0.2, 0.25) is 0 Å². The molecule has 0 bridgehead atoms. The van der Waals surface area contributed by atoms with Gasteiger partial charge in [0.15, 0.2) is 0 Å². The Morgan fingerprint density at radius 1 is 1.09 bits per heavy atom. The number of nitrogens with one attached hydrogen (secondary N) is 2. The first-order valence-electron chi connectivity index (χ1n) is 7.24. The maximum absolute atomic E-state index is 11.7. The standard InChI is InChI=1S/C15H21Cl2N3O2/c1-3-20(4-2)9-5-8-18-14(21)15(22)19-11-6-7-12(16)13(17)10-11/h6-7,10H,3-5,8-9H2,1-2H3,(H,18,21)(H,19,22). The van der Waals surface area contributed by atoms with Crippen LogP contribution in [-0.4, -0.2) is 42.9 Å². The molecule has 2 N–H and O–H groups in total. The summed E-state index contributed by atoms with van der Waals surface area (Å²) in [7, 11) is 0. The van der Waals surface area contributed by atoms with Gasteiger partial charge in [0.25, 0.3) is 0 Å². The predicted octanol–water partition coefficient (Wildman–Crippen LogP) is 2.78. The Bertz CT molecular complexity index is 520. The van der Waals surface area contributed by atoms with Gasteiger partial charge in [0, 0.05) is 12.2 Å². The molecular weight excluding hydrogens is 325 g/mol. The van der Waals surface area contributed by atoms with Crippen molar-refractivity contribution >= 4 is 40.7 Å². The van der Waals surface area contributed by atoms with Crippen LogP contribution in [0.4, 0.5) is 5.69 Å². The number of rotatable bonds is 7. The van der Waals surface area contributed by atoms with Gasteiger partial charge < -0.3 is 15.5 Å². The summed E-state index contributed by atoms with van der Waals surface area (Å²) in [5, 5.41) is 5.78. The maximum Gasteiger partial charge on any atom is 0.313 e. The molecule has 0 aliphatic heterocycles. The molecule has 5 nitrogen and oxygen atoms in total. The van der Waals surface area contributed by atoms with Gasteiger partial charge in [-0.3, -0.25) is 9.59 Å². The Hall–Kier alpha value is -1.30.